The fraction of sp³-hybridized carbons (Fsp3) is 0.750. The highest BCUT2D eigenvalue weighted by molar-refractivity contribution is 5.81. The van der Waals surface area contributed by atoms with Gasteiger partial charge >= 0.3 is 0 Å². The third kappa shape index (κ3) is 3.12. The van der Waals surface area contributed by atoms with Gasteiger partial charge in [0.2, 0.25) is 5.91 Å². The molecule has 0 bridgehead atoms. The number of hydrogen-bond acceptors (Lipinski definition) is 3. The van der Waals surface area contributed by atoms with Crippen LogP contribution < -0.4 is 10.6 Å². The van der Waals surface area contributed by atoms with Gasteiger partial charge in [0.1, 0.15) is 5.82 Å². The zero-order chi connectivity index (χ0) is 15.8. The number of carbonyl (C=O) groups excluding carboxylic acids is 1. The fourth-order valence-corrected chi connectivity index (χ4v) is 2.92. The Kier molecular flexibility index (Phi) is 4.15. The highest BCUT2D eigenvalue weighted by Gasteiger charge is 2.33. The van der Waals surface area contributed by atoms with Crippen molar-refractivity contribution in [1.29, 1.82) is 0 Å². The molecule has 5 heteroatoms. The molecule has 0 radical (unpaired) electrons. The minimum atomic E-state index is -0.450. The van der Waals surface area contributed by atoms with E-state index in [0.717, 1.165) is 31.0 Å². The Morgan fingerprint density at radius 1 is 1.33 bits per heavy atom. The van der Waals surface area contributed by atoms with E-state index in [-0.39, 0.29) is 11.3 Å². The van der Waals surface area contributed by atoms with E-state index in [2.05, 4.69) is 36.0 Å². The molecule has 1 aliphatic heterocycles. The van der Waals surface area contributed by atoms with Gasteiger partial charge in [0.15, 0.2) is 0 Å². The van der Waals surface area contributed by atoms with E-state index in [4.69, 9.17) is 4.98 Å². The van der Waals surface area contributed by atoms with Crippen molar-refractivity contribution >= 4 is 5.91 Å². The molecular weight excluding hydrogens is 264 g/mol. The minimum Gasteiger partial charge on any atom is -0.359 e. The van der Waals surface area contributed by atoms with Gasteiger partial charge in [-0.1, -0.05) is 20.8 Å². The second-order valence-electron chi connectivity index (χ2n) is 7.55. The van der Waals surface area contributed by atoms with Gasteiger partial charge in [-0.05, 0) is 13.8 Å². The van der Waals surface area contributed by atoms with Gasteiger partial charge in [-0.2, -0.15) is 0 Å². The maximum absolute atomic E-state index is 12.1. The van der Waals surface area contributed by atoms with Gasteiger partial charge in [-0.3, -0.25) is 4.79 Å². The van der Waals surface area contributed by atoms with Crippen LogP contribution in [0, 0.1) is 5.41 Å². The molecule has 0 saturated carbocycles. The van der Waals surface area contributed by atoms with Crippen molar-refractivity contribution < 1.29 is 4.79 Å². The summed E-state index contributed by atoms with van der Waals surface area (Å²) >= 11 is 0. The van der Waals surface area contributed by atoms with Crippen LogP contribution in [0.25, 0.3) is 0 Å². The van der Waals surface area contributed by atoms with Gasteiger partial charge in [-0.25, -0.2) is 4.98 Å². The van der Waals surface area contributed by atoms with Crippen molar-refractivity contribution in [2.75, 3.05) is 13.6 Å². The van der Waals surface area contributed by atoms with E-state index >= 15 is 0 Å². The molecule has 1 aromatic heterocycles. The Morgan fingerprint density at radius 2 is 2.00 bits per heavy atom. The molecule has 5 nitrogen and oxygen atoms in total. The van der Waals surface area contributed by atoms with Crippen LogP contribution in [0.4, 0.5) is 0 Å². The smallest absolute Gasteiger partial charge is 0.227 e. The second-order valence-corrected chi connectivity index (χ2v) is 7.55. The van der Waals surface area contributed by atoms with Crippen molar-refractivity contribution in [2.24, 2.45) is 5.41 Å². The Labute approximate surface area is 127 Å². The number of rotatable bonds is 3. The predicted octanol–water partition coefficient (Wildman–Crippen LogP) is 1.60. The maximum Gasteiger partial charge on any atom is 0.227 e. The Balaban J connectivity index is 2.46. The van der Waals surface area contributed by atoms with Gasteiger partial charge < -0.3 is 15.2 Å². The summed E-state index contributed by atoms with van der Waals surface area (Å²) in [5.41, 5.74) is 1.94. The summed E-state index contributed by atoms with van der Waals surface area (Å²) in [6, 6.07) is 0. The summed E-state index contributed by atoms with van der Waals surface area (Å²) in [6.45, 7) is 13.0. The van der Waals surface area contributed by atoms with E-state index in [0.29, 0.717) is 6.54 Å². The quantitative estimate of drug-likeness (QED) is 0.889. The molecule has 2 heterocycles. The summed E-state index contributed by atoms with van der Waals surface area (Å²) in [5, 5.41) is 6.15. The third-order valence-corrected chi connectivity index (χ3v) is 4.05. The van der Waals surface area contributed by atoms with Gasteiger partial charge in [0.25, 0.3) is 0 Å². The lowest BCUT2D eigenvalue weighted by Crippen LogP contribution is -2.39. The van der Waals surface area contributed by atoms with Crippen molar-refractivity contribution in [3.05, 3.63) is 17.2 Å². The van der Waals surface area contributed by atoms with E-state index in [1.54, 1.807) is 7.05 Å². The molecule has 2 N–H and O–H groups in total. The van der Waals surface area contributed by atoms with E-state index < -0.39 is 5.41 Å². The minimum absolute atomic E-state index is 0.0316. The van der Waals surface area contributed by atoms with Crippen molar-refractivity contribution in [2.45, 2.75) is 59.5 Å². The van der Waals surface area contributed by atoms with Crippen LogP contribution in [0.15, 0.2) is 0 Å². The normalized spacial score (nSPS) is 15.7. The lowest BCUT2D eigenvalue weighted by atomic mass is 9.90. The largest absolute Gasteiger partial charge is 0.359 e. The Hall–Kier alpha value is -1.36. The molecule has 118 valence electrons. The molecular formula is C16H28N4O. The number of amides is 1. The molecule has 0 aliphatic carbocycles. The van der Waals surface area contributed by atoms with Gasteiger partial charge in [-0.15, -0.1) is 0 Å². The van der Waals surface area contributed by atoms with Crippen molar-refractivity contribution in [3.63, 3.8) is 0 Å². The molecule has 0 fully saturated rings. The predicted molar refractivity (Wildman–Crippen MR) is 84.2 cm³/mol. The lowest BCUT2D eigenvalue weighted by molar-refractivity contribution is -0.129. The van der Waals surface area contributed by atoms with Crippen LogP contribution in [-0.4, -0.2) is 29.1 Å². The average molecular weight is 292 g/mol. The number of nitrogens with one attached hydrogen (secondary N) is 2. The molecule has 1 aromatic rings. The van der Waals surface area contributed by atoms with Crippen molar-refractivity contribution in [3.8, 4) is 0 Å². The molecule has 0 aromatic carbocycles. The number of carbonyl (C=O) groups is 1. The average Bonchev–Trinajstić information content (AvgIpc) is 2.76. The zero-order valence-electron chi connectivity index (χ0n) is 14.1. The standard InChI is InChI=1S/C16H28N4O/c1-15(2,3)13-19-11-9-18-8-7-12(11)20(13)10-16(4,5)14(21)17-6/h18H,7-10H2,1-6H3,(H,17,21). The third-order valence-electron chi connectivity index (χ3n) is 4.05. The van der Waals surface area contributed by atoms with Gasteiger partial charge in [0.05, 0.1) is 11.1 Å². The van der Waals surface area contributed by atoms with Crippen LogP contribution in [0.1, 0.15) is 51.8 Å². The van der Waals surface area contributed by atoms with Gasteiger partial charge in [0, 0.05) is 44.2 Å². The Morgan fingerprint density at radius 3 is 2.57 bits per heavy atom. The van der Waals surface area contributed by atoms with Crippen LogP contribution in [0.5, 0.6) is 0 Å². The first-order valence-electron chi connectivity index (χ1n) is 7.68. The van der Waals surface area contributed by atoms with Crippen LogP contribution in [0.2, 0.25) is 0 Å². The fourth-order valence-electron chi connectivity index (χ4n) is 2.92. The molecule has 0 saturated heterocycles. The van der Waals surface area contributed by atoms with Crippen LogP contribution in [-0.2, 0) is 29.7 Å². The van der Waals surface area contributed by atoms with Crippen LogP contribution >= 0.6 is 0 Å². The summed E-state index contributed by atoms with van der Waals surface area (Å²) in [7, 11) is 1.70. The molecule has 2 rings (SSSR count). The highest BCUT2D eigenvalue weighted by atomic mass is 16.2. The number of aromatic nitrogens is 2. The summed E-state index contributed by atoms with van der Waals surface area (Å²) < 4.78 is 2.28. The topological polar surface area (TPSA) is 59.0 Å². The first-order valence-corrected chi connectivity index (χ1v) is 7.68. The molecule has 1 aliphatic rings. The highest BCUT2D eigenvalue weighted by Crippen LogP contribution is 2.30. The maximum atomic E-state index is 12.1. The van der Waals surface area contributed by atoms with E-state index in [1.165, 1.54) is 5.69 Å². The molecule has 0 unspecified atom stereocenters. The summed E-state index contributed by atoms with van der Waals surface area (Å²) in [5.74, 6) is 1.15. The zero-order valence-corrected chi connectivity index (χ0v) is 14.1. The second kappa shape index (κ2) is 5.44. The monoisotopic (exact) mass is 292 g/mol. The molecule has 0 atom stereocenters. The lowest BCUT2D eigenvalue weighted by Gasteiger charge is -2.29. The number of nitrogens with zero attached hydrogens (tertiary/aromatic N) is 2. The first-order chi connectivity index (χ1) is 9.66. The molecule has 21 heavy (non-hydrogen) atoms. The Bertz CT molecular complexity index is 537. The van der Waals surface area contributed by atoms with Crippen LogP contribution in [0.3, 0.4) is 0 Å². The SMILES string of the molecule is CNC(=O)C(C)(C)Cn1c(C(C)(C)C)nc2c1CCNC2. The number of fused-ring (bicyclic) bond motifs is 1. The summed E-state index contributed by atoms with van der Waals surface area (Å²) in [6.07, 6.45) is 0.974. The van der Waals surface area contributed by atoms with E-state index in [9.17, 15) is 4.79 Å². The number of hydrogen-bond donors (Lipinski definition) is 2. The van der Waals surface area contributed by atoms with Crippen molar-refractivity contribution in [1.82, 2.24) is 20.2 Å². The first kappa shape index (κ1) is 16.0. The summed E-state index contributed by atoms with van der Waals surface area (Å²) in [4.78, 5) is 17.0. The van der Waals surface area contributed by atoms with E-state index in [1.807, 2.05) is 13.8 Å². The number of imidazole rings is 1. The molecule has 0 spiro atoms. The molecule has 1 amide bonds.